The summed E-state index contributed by atoms with van der Waals surface area (Å²) in [6.45, 7) is 0.262. The highest BCUT2D eigenvalue weighted by atomic mass is 35.5. The maximum atomic E-state index is 10.0. The van der Waals surface area contributed by atoms with Crippen LogP contribution in [0.1, 0.15) is 0 Å². The first-order valence-corrected chi connectivity index (χ1v) is 2.75. The Bertz CT molecular complexity index is 98.6. The monoisotopic (exact) mass is 152 g/mol. The Balaban J connectivity index is 3.26. The molecule has 0 saturated carbocycles. The molecule has 0 spiro atoms. The van der Waals surface area contributed by atoms with Crippen molar-refractivity contribution in [3.05, 3.63) is 0 Å². The van der Waals surface area contributed by atoms with Gasteiger partial charge in [0.1, 0.15) is 6.17 Å². The van der Waals surface area contributed by atoms with E-state index in [2.05, 4.69) is 10.1 Å². The van der Waals surface area contributed by atoms with Gasteiger partial charge in [0.25, 0.3) is 0 Å². The van der Waals surface area contributed by atoms with Crippen LogP contribution < -0.4 is 11.1 Å². The van der Waals surface area contributed by atoms with Crippen LogP contribution in [0.3, 0.4) is 0 Å². The lowest BCUT2D eigenvalue weighted by atomic mass is 10.6. The molecule has 54 valence electrons. The fourth-order valence-electron chi connectivity index (χ4n) is 0.367. The summed E-state index contributed by atoms with van der Waals surface area (Å²) in [5.41, 5.74) is 5.24. The minimum atomic E-state index is -0.667. The molecular weight excluding hydrogens is 144 g/mol. The summed E-state index contributed by atoms with van der Waals surface area (Å²) >= 11 is 4.92. The van der Waals surface area contributed by atoms with Gasteiger partial charge in [0.05, 0.1) is 6.61 Å². The Morgan fingerprint density at radius 3 is 2.89 bits per heavy atom. The van der Waals surface area contributed by atoms with Gasteiger partial charge in [-0.3, -0.25) is 4.79 Å². The Morgan fingerprint density at radius 1 is 2.00 bits per heavy atom. The fourth-order valence-corrected chi connectivity index (χ4v) is 0.507. The zero-order valence-corrected chi connectivity index (χ0v) is 5.81. The number of ether oxygens (including phenoxy) is 1. The summed E-state index contributed by atoms with van der Waals surface area (Å²) in [6.07, 6.45) is -0.514. The van der Waals surface area contributed by atoms with Crippen LogP contribution in [0.4, 0.5) is 4.79 Å². The van der Waals surface area contributed by atoms with Crippen molar-refractivity contribution in [3.8, 4) is 0 Å². The lowest BCUT2D eigenvalue weighted by Gasteiger charge is -2.08. The smallest absolute Gasteiger partial charge is 0.315 e. The molecule has 0 bridgehead atoms. The van der Waals surface area contributed by atoms with Gasteiger partial charge in [-0.05, 0) is 11.6 Å². The van der Waals surface area contributed by atoms with E-state index in [0.717, 1.165) is 0 Å². The normalized spacial score (nSPS) is 12.8. The Kier molecular flexibility index (Phi) is 4.39. The largest absolute Gasteiger partial charge is 0.381 e. The maximum absolute atomic E-state index is 10.0. The first kappa shape index (κ1) is 8.68. The van der Waals surface area contributed by atoms with Crippen molar-refractivity contribution in [2.75, 3.05) is 13.7 Å². The average Bonchev–Trinajstić information content (AvgIpc) is 1.63. The predicted octanol–water partition coefficient (Wildman–Crippen LogP) is -0.134. The molecule has 3 N–H and O–H groups in total. The fraction of sp³-hybridized carbons (Fsp3) is 0.750. The summed E-state index contributed by atoms with van der Waals surface area (Å²) < 4.78 is 4.61. The lowest BCUT2D eigenvalue weighted by molar-refractivity contribution is 0.170. The van der Waals surface area contributed by atoms with Crippen LogP contribution in [0.15, 0.2) is 0 Å². The van der Waals surface area contributed by atoms with E-state index < -0.39 is 11.5 Å². The molecule has 0 radical (unpaired) electrons. The number of nitrogens with one attached hydrogen (secondary N) is 1. The van der Waals surface area contributed by atoms with E-state index in [9.17, 15) is 4.79 Å². The van der Waals surface area contributed by atoms with E-state index in [1.165, 1.54) is 7.11 Å². The van der Waals surface area contributed by atoms with Crippen LogP contribution in [0, 0.1) is 0 Å². The number of halogens is 1. The maximum Gasteiger partial charge on any atom is 0.315 e. The number of amides is 1. The molecule has 0 aromatic carbocycles. The van der Waals surface area contributed by atoms with Gasteiger partial charge in [-0.15, -0.1) is 0 Å². The predicted molar refractivity (Wildman–Crippen MR) is 34.2 cm³/mol. The van der Waals surface area contributed by atoms with E-state index >= 15 is 0 Å². The van der Waals surface area contributed by atoms with Crippen molar-refractivity contribution in [2.24, 2.45) is 5.73 Å². The molecule has 0 aliphatic carbocycles. The zero-order chi connectivity index (χ0) is 7.28. The molecule has 0 heterocycles. The molecule has 0 aromatic rings. The van der Waals surface area contributed by atoms with Crippen molar-refractivity contribution >= 4 is 17.0 Å². The number of hydrogen-bond acceptors (Lipinski definition) is 3. The number of carbonyl (C=O) groups is 1. The molecule has 1 unspecified atom stereocenters. The topological polar surface area (TPSA) is 64.3 Å². The molecule has 4 nitrogen and oxygen atoms in total. The van der Waals surface area contributed by atoms with Crippen molar-refractivity contribution in [1.82, 2.24) is 5.32 Å². The first-order chi connectivity index (χ1) is 4.16. The van der Waals surface area contributed by atoms with Gasteiger partial charge < -0.3 is 15.8 Å². The quantitative estimate of drug-likeness (QED) is 0.336. The van der Waals surface area contributed by atoms with E-state index in [1.807, 2.05) is 0 Å². The van der Waals surface area contributed by atoms with Gasteiger partial charge in [0.2, 0.25) is 0 Å². The molecule has 5 heteroatoms. The number of rotatable bonds is 3. The van der Waals surface area contributed by atoms with Gasteiger partial charge in [-0.1, -0.05) is 0 Å². The van der Waals surface area contributed by atoms with Gasteiger partial charge >= 0.3 is 5.37 Å². The molecule has 0 rings (SSSR count). The summed E-state index contributed by atoms with van der Waals surface area (Å²) in [7, 11) is 1.49. The third-order valence-corrected chi connectivity index (χ3v) is 0.754. The highest BCUT2D eigenvalue weighted by Crippen LogP contribution is 1.79. The second kappa shape index (κ2) is 4.55. The number of hydrogen-bond donors (Lipinski definition) is 2. The van der Waals surface area contributed by atoms with E-state index in [4.69, 9.17) is 17.3 Å². The van der Waals surface area contributed by atoms with Crippen molar-refractivity contribution in [1.29, 1.82) is 0 Å². The van der Waals surface area contributed by atoms with Crippen LogP contribution in [-0.4, -0.2) is 25.2 Å². The van der Waals surface area contributed by atoms with Crippen LogP contribution in [-0.2, 0) is 4.74 Å². The summed E-state index contributed by atoms with van der Waals surface area (Å²) in [6, 6.07) is 0. The minimum Gasteiger partial charge on any atom is -0.381 e. The van der Waals surface area contributed by atoms with Gasteiger partial charge in [-0.2, -0.15) is 0 Å². The first-order valence-electron chi connectivity index (χ1n) is 2.37. The zero-order valence-electron chi connectivity index (χ0n) is 5.06. The van der Waals surface area contributed by atoms with Crippen molar-refractivity contribution in [2.45, 2.75) is 6.17 Å². The summed E-state index contributed by atoms with van der Waals surface area (Å²) in [5, 5.41) is 1.56. The third kappa shape index (κ3) is 5.55. The average molecular weight is 153 g/mol. The Morgan fingerprint density at radius 2 is 2.56 bits per heavy atom. The molecule has 0 saturated heterocycles. The van der Waals surface area contributed by atoms with E-state index in [-0.39, 0.29) is 6.61 Å². The summed E-state index contributed by atoms with van der Waals surface area (Å²) in [4.78, 5) is 10.0. The molecule has 0 aromatic heterocycles. The van der Waals surface area contributed by atoms with E-state index in [0.29, 0.717) is 0 Å². The molecule has 1 atom stereocenters. The molecule has 0 aliphatic heterocycles. The summed E-state index contributed by atoms with van der Waals surface area (Å²) in [5.74, 6) is 0. The SMILES string of the molecule is COCC(N)NC(=O)Cl. The Hall–Kier alpha value is -0.320. The minimum absolute atomic E-state index is 0.262. The van der Waals surface area contributed by atoms with Crippen molar-refractivity contribution < 1.29 is 9.53 Å². The van der Waals surface area contributed by atoms with Gasteiger partial charge in [0, 0.05) is 7.11 Å². The molecule has 0 aliphatic rings. The molecule has 1 amide bonds. The third-order valence-electron chi connectivity index (χ3n) is 0.645. The highest BCUT2D eigenvalue weighted by Gasteiger charge is 2.01. The van der Waals surface area contributed by atoms with Crippen LogP contribution in [0.5, 0.6) is 0 Å². The lowest BCUT2D eigenvalue weighted by Crippen LogP contribution is -2.42. The number of methoxy groups -OCH3 is 1. The Labute approximate surface area is 58.3 Å². The van der Waals surface area contributed by atoms with Gasteiger partial charge in [-0.25, -0.2) is 0 Å². The number of carbonyl (C=O) groups excluding carboxylic acids is 1. The van der Waals surface area contributed by atoms with E-state index in [1.54, 1.807) is 0 Å². The molecular formula is C4H9ClN2O2. The second-order valence-corrected chi connectivity index (χ2v) is 1.82. The standard InChI is InChI=1S/C4H9ClN2O2/c1-9-2-3(6)7-4(5)8/h3H,2,6H2,1H3,(H,7,8). The van der Waals surface area contributed by atoms with Crippen LogP contribution in [0.25, 0.3) is 0 Å². The highest BCUT2D eigenvalue weighted by molar-refractivity contribution is 6.62. The van der Waals surface area contributed by atoms with Crippen molar-refractivity contribution in [3.63, 3.8) is 0 Å². The molecule has 9 heavy (non-hydrogen) atoms. The van der Waals surface area contributed by atoms with Crippen LogP contribution in [0.2, 0.25) is 0 Å². The molecule has 0 fully saturated rings. The van der Waals surface area contributed by atoms with Crippen LogP contribution >= 0.6 is 11.6 Å². The number of nitrogens with two attached hydrogens (primary N) is 1. The second-order valence-electron chi connectivity index (χ2n) is 1.48. The van der Waals surface area contributed by atoms with Gasteiger partial charge in [0.15, 0.2) is 0 Å².